The zero-order valence-corrected chi connectivity index (χ0v) is 12.0. The molecule has 0 fully saturated rings. The average Bonchev–Trinajstić information content (AvgIpc) is 2.01. The molecule has 0 rings (SSSR count). The smallest absolute Gasteiger partial charge is 1.00 e. The minimum absolute atomic E-state index is 0. The standard InChI is InChI=1S/C6H8O7.CH2O2.K.H/c7-3(8)1-6(13,5(11)12)2-4(9)10;2-1-3;;/h13H,1-2H2,(H,7,8)(H,9,10)(H,11,12);1H,(H,2,3);;/q;;+1;-1. The first-order valence-electron chi connectivity index (χ1n) is 3.66. The molecule has 17 heavy (non-hydrogen) atoms. The van der Waals surface area contributed by atoms with E-state index in [2.05, 4.69) is 0 Å². The molecule has 0 amide bonds. The van der Waals surface area contributed by atoms with Crippen LogP contribution < -0.4 is 51.4 Å². The molecule has 0 aromatic carbocycles. The van der Waals surface area contributed by atoms with Crippen LogP contribution in [-0.2, 0) is 19.2 Å². The number of carbonyl (C=O) groups is 4. The summed E-state index contributed by atoms with van der Waals surface area (Å²) in [6, 6.07) is 0. The summed E-state index contributed by atoms with van der Waals surface area (Å²) in [7, 11) is 0. The van der Waals surface area contributed by atoms with Gasteiger partial charge in [0.1, 0.15) is 0 Å². The normalized spacial score (nSPS) is 9.00. The van der Waals surface area contributed by atoms with Crippen molar-refractivity contribution in [3.8, 4) is 0 Å². The van der Waals surface area contributed by atoms with Crippen LogP contribution in [0, 0.1) is 0 Å². The predicted molar refractivity (Wildman–Crippen MR) is 46.9 cm³/mol. The van der Waals surface area contributed by atoms with Crippen LogP contribution in [0.1, 0.15) is 14.3 Å². The van der Waals surface area contributed by atoms with Gasteiger partial charge in [0.15, 0.2) is 5.60 Å². The quantitative estimate of drug-likeness (QED) is 0.246. The Morgan fingerprint density at radius 3 is 1.41 bits per heavy atom. The van der Waals surface area contributed by atoms with Gasteiger partial charge < -0.3 is 27.0 Å². The first-order valence-corrected chi connectivity index (χ1v) is 3.66. The minimum Gasteiger partial charge on any atom is -1.00 e. The molecule has 9 nitrogen and oxygen atoms in total. The van der Waals surface area contributed by atoms with Gasteiger partial charge in [-0.05, 0) is 0 Å². The average molecular weight is 278 g/mol. The molecule has 0 spiro atoms. The van der Waals surface area contributed by atoms with Gasteiger partial charge in [-0.3, -0.25) is 14.4 Å². The van der Waals surface area contributed by atoms with Crippen molar-refractivity contribution in [2.24, 2.45) is 0 Å². The van der Waals surface area contributed by atoms with Crippen LogP contribution in [0.3, 0.4) is 0 Å². The fourth-order valence-corrected chi connectivity index (χ4v) is 0.714. The maximum absolute atomic E-state index is 10.3. The van der Waals surface area contributed by atoms with Crippen LogP contribution in [0.5, 0.6) is 0 Å². The first kappa shape index (κ1) is 21.7. The molecule has 0 unspecified atom stereocenters. The summed E-state index contributed by atoms with van der Waals surface area (Å²) in [6.07, 6.45) is -2.29. The summed E-state index contributed by atoms with van der Waals surface area (Å²) < 4.78 is 0. The number of aliphatic hydroxyl groups is 1. The molecule has 0 bridgehead atoms. The number of rotatable bonds is 5. The van der Waals surface area contributed by atoms with Crippen LogP contribution in [0.2, 0.25) is 0 Å². The third kappa shape index (κ3) is 11.7. The SMILES string of the molecule is O=C(O)CC(O)(CC(=O)O)C(=O)O.O=CO.[H-].[K+]. The van der Waals surface area contributed by atoms with Crippen molar-refractivity contribution in [1.82, 2.24) is 0 Å². The van der Waals surface area contributed by atoms with E-state index in [0.29, 0.717) is 0 Å². The molecular formula is C7H11KO9. The molecule has 0 radical (unpaired) electrons. The molecule has 94 valence electrons. The Kier molecular flexibility index (Phi) is 13.6. The number of carboxylic acids is 3. The molecule has 0 aliphatic rings. The zero-order valence-electron chi connectivity index (χ0n) is 9.86. The number of hydrogen-bond acceptors (Lipinski definition) is 5. The molecule has 0 atom stereocenters. The van der Waals surface area contributed by atoms with E-state index >= 15 is 0 Å². The number of aliphatic carboxylic acids is 3. The van der Waals surface area contributed by atoms with Crippen molar-refractivity contribution in [1.29, 1.82) is 0 Å². The van der Waals surface area contributed by atoms with E-state index in [4.69, 9.17) is 30.3 Å². The fourth-order valence-electron chi connectivity index (χ4n) is 0.714. The van der Waals surface area contributed by atoms with Crippen LogP contribution in [0.25, 0.3) is 0 Å². The molecule has 0 aromatic rings. The molecule has 5 N–H and O–H groups in total. The maximum atomic E-state index is 10.3. The second kappa shape index (κ2) is 10.6. The van der Waals surface area contributed by atoms with Crippen molar-refractivity contribution in [2.75, 3.05) is 0 Å². The maximum Gasteiger partial charge on any atom is 1.00 e. The van der Waals surface area contributed by atoms with Gasteiger partial charge in [0, 0.05) is 0 Å². The molecule has 10 heteroatoms. The van der Waals surface area contributed by atoms with Gasteiger partial charge >= 0.3 is 69.3 Å². The molecule has 0 heterocycles. The molecular weight excluding hydrogens is 267 g/mol. The third-order valence-corrected chi connectivity index (χ3v) is 1.29. The fraction of sp³-hybridized carbons (Fsp3) is 0.429. The van der Waals surface area contributed by atoms with E-state index in [1.54, 1.807) is 0 Å². The van der Waals surface area contributed by atoms with Crippen molar-refractivity contribution in [2.45, 2.75) is 18.4 Å². The summed E-state index contributed by atoms with van der Waals surface area (Å²) in [5.74, 6) is -5.02. The van der Waals surface area contributed by atoms with Crippen molar-refractivity contribution in [3.63, 3.8) is 0 Å². The van der Waals surface area contributed by atoms with E-state index in [9.17, 15) is 14.4 Å². The van der Waals surface area contributed by atoms with Gasteiger partial charge in [0.05, 0.1) is 12.8 Å². The second-order valence-corrected chi connectivity index (χ2v) is 2.58. The van der Waals surface area contributed by atoms with Crippen LogP contribution in [-0.4, -0.2) is 55.5 Å². The van der Waals surface area contributed by atoms with E-state index in [0.717, 1.165) is 0 Å². The van der Waals surface area contributed by atoms with E-state index < -0.39 is 36.4 Å². The van der Waals surface area contributed by atoms with Crippen LogP contribution in [0.4, 0.5) is 0 Å². The summed E-state index contributed by atoms with van der Waals surface area (Å²) >= 11 is 0. The molecule has 0 saturated carbocycles. The van der Waals surface area contributed by atoms with E-state index in [1.807, 2.05) is 0 Å². The largest absolute Gasteiger partial charge is 1.00 e. The minimum atomic E-state index is -2.74. The van der Waals surface area contributed by atoms with Gasteiger partial charge in [-0.25, -0.2) is 4.79 Å². The van der Waals surface area contributed by atoms with Crippen LogP contribution in [0.15, 0.2) is 0 Å². The van der Waals surface area contributed by atoms with Crippen molar-refractivity contribution >= 4 is 24.4 Å². The Bertz CT molecular complexity index is 277. The van der Waals surface area contributed by atoms with E-state index in [-0.39, 0.29) is 59.3 Å². The number of carboxylic acid groups (broad SMARTS) is 4. The Balaban J connectivity index is -0.000000177. The summed E-state index contributed by atoms with van der Waals surface area (Å²) in [5.41, 5.74) is -2.74. The zero-order chi connectivity index (χ0) is 13.4. The summed E-state index contributed by atoms with van der Waals surface area (Å²) in [4.78, 5) is 38.8. The van der Waals surface area contributed by atoms with Crippen molar-refractivity contribution in [3.05, 3.63) is 0 Å². The molecule has 0 aliphatic carbocycles. The first-order chi connectivity index (χ1) is 7.19. The van der Waals surface area contributed by atoms with Crippen LogP contribution >= 0.6 is 0 Å². The van der Waals surface area contributed by atoms with Gasteiger partial charge in [-0.1, -0.05) is 0 Å². The predicted octanol–water partition coefficient (Wildman–Crippen LogP) is -4.43. The Morgan fingerprint density at radius 2 is 1.29 bits per heavy atom. The molecule has 0 saturated heterocycles. The summed E-state index contributed by atoms with van der Waals surface area (Å²) in [5, 5.41) is 40.7. The van der Waals surface area contributed by atoms with E-state index in [1.165, 1.54) is 0 Å². The second-order valence-electron chi connectivity index (χ2n) is 2.58. The topological polar surface area (TPSA) is 169 Å². The van der Waals surface area contributed by atoms with Gasteiger partial charge in [0.2, 0.25) is 0 Å². The molecule has 0 aliphatic heterocycles. The molecule has 0 aromatic heterocycles. The van der Waals surface area contributed by atoms with Gasteiger partial charge in [-0.2, -0.15) is 0 Å². The Morgan fingerprint density at radius 1 is 1.06 bits per heavy atom. The van der Waals surface area contributed by atoms with Gasteiger partial charge in [0.25, 0.3) is 6.47 Å². The Labute approximate surface area is 139 Å². The van der Waals surface area contributed by atoms with Gasteiger partial charge in [-0.15, -0.1) is 0 Å². The number of hydrogen-bond donors (Lipinski definition) is 5. The Hall–Kier alpha value is -0.524. The third-order valence-electron chi connectivity index (χ3n) is 1.29. The summed E-state index contributed by atoms with van der Waals surface area (Å²) in [6.45, 7) is -0.250. The monoisotopic (exact) mass is 278 g/mol. The van der Waals surface area contributed by atoms with Crippen molar-refractivity contribution < 1.29 is 97.5 Å².